The molecule has 1 saturated carbocycles. The van der Waals surface area contributed by atoms with Gasteiger partial charge in [-0.25, -0.2) is 0 Å². The van der Waals surface area contributed by atoms with Crippen molar-refractivity contribution >= 4 is 11.9 Å². The van der Waals surface area contributed by atoms with Crippen LogP contribution in [-0.2, 0) is 9.53 Å². The standard InChI is InChI=1S/C16H29N3O2/c1-4-17-15(18-10-6-14(20)21-13(2)3)19-11-9-16(12-19)7-5-8-16/h13H,4-12H2,1-3H3,(H,17,18). The Morgan fingerprint density at radius 3 is 2.67 bits per heavy atom. The summed E-state index contributed by atoms with van der Waals surface area (Å²) in [5.74, 6) is 0.792. The highest BCUT2D eigenvalue weighted by Crippen LogP contribution is 2.47. The van der Waals surface area contributed by atoms with Gasteiger partial charge in [0, 0.05) is 19.6 Å². The molecule has 1 saturated heterocycles. The molecule has 0 atom stereocenters. The van der Waals surface area contributed by atoms with Crippen LogP contribution in [0.3, 0.4) is 0 Å². The summed E-state index contributed by atoms with van der Waals surface area (Å²) in [7, 11) is 0. The molecule has 1 aliphatic carbocycles. The molecule has 2 fully saturated rings. The molecule has 1 aliphatic heterocycles. The van der Waals surface area contributed by atoms with Gasteiger partial charge in [0.15, 0.2) is 5.96 Å². The van der Waals surface area contributed by atoms with Gasteiger partial charge in [0.05, 0.1) is 19.1 Å². The number of guanidine groups is 1. The number of hydrogen-bond acceptors (Lipinski definition) is 3. The van der Waals surface area contributed by atoms with Crippen molar-refractivity contribution < 1.29 is 9.53 Å². The Morgan fingerprint density at radius 1 is 1.38 bits per heavy atom. The number of hydrogen-bond donors (Lipinski definition) is 1. The van der Waals surface area contributed by atoms with Gasteiger partial charge in [-0.2, -0.15) is 0 Å². The molecular weight excluding hydrogens is 266 g/mol. The molecule has 1 N–H and O–H groups in total. The van der Waals surface area contributed by atoms with Gasteiger partial charge in [0.2, 0.25) is 0 Å². The maximum Gasteiger partial charge on any atom is 0.307 e. The highest BCUT2D eigenvalue weighted by Gasteiger charge is 2.43. The topological polar surface area (TPSA) is 53.9 Å². The van der Waals surface area contributed by atoms with Crippen LogP contribution < -0.4 is 5.32 Å². The summed E-state index contributed by atoms with van der Waals surface area (Å²) in [6, 6.07) is 0. The Bertz CT molecular complexity index is 389. The van der Waals surface area contributed by atoms with E-state index >= 15 is 0 Å². The third-order valence-electron chi connectivity index (χ3n) is 4.43. The molecule has 0 aromatic carbocycles. The van der Waals surface area contributed by atoms with Crippen molar-refractivity contribution in [2.75, 3.05) is 26.2 Å². The summed E-state index contributed by atoms with van der Waals surface area (Å²) in [5, 5.41) is 3.35. The van der Waals surface area contributed by atoms with E-state index in [-0.39, 0.29) is 12.1 Å². The van der Waals surface area contributed by atoms with Gasteiger partial charge in [-0.05, 0) is 45.4 Å². The average Bonchev–Trinajstić information content (AvgIpc) is 2.82. The predicted octanol–water partition coefficient (Wildman–Crippen LogP) is 2.17. The first kappa shape index (κ1) is 16.1. The van der Waals surface area contributed by atoms with E-state index in [0.29, 0.717) is 18.4 Å². The SMILES string of the molecule is CCNC(=NCCC(=O)OC(C)C)N1CCC2(CCC2)C1. The molecule has 21 heavy (non-hydrogen) atoms. The minimum Gasteiger partial charge on any atom is -0.463 e. The number of carbonyl (C=O) groups excluding carboxylic acids is 1. The van der Waals surface area contributed by atoms with E-state index in [4.69, 9.17) is 4.74 Å². The third kappa shape index (κ3) is 4.35. The van der Waals surface area contributed by atoms with Gasteiger partial charge in [-0.3, -0.25) is 9.79 Å². The second-order valence-corrected chi connectivity index (χ2v) is 6.55. The van der Waals surface area contributed by atoms with Gasteiger partial charge in [0.1, 0.15) is 0 Å². The van der Waals surface area contributed by atoms with Crippen LogP contribution >= 0.6 is 0 Å². The number of aliphatic imine (C=N–C) groups is 1. The number of esters is 1. The molecule has 120 valence electrons. The maximum atomic E-state index is 11.5. The maximum absolute atomic E-state index is 11.5. The highest BCUT2D eigenvalue weighted by molar-refractivity contribution is 5.80. The summed E-state index contributed by atoms with van der Waals surface area (Å²) < 4.78 is 5.13. The molecule has 2 aliphatic rings. The van der Waals surface area contributed by atoms with Crippen molar-refractivity contribution in [3.63, 3.8) is 0 Å². The van der Waals surface area contributed by atoms with Crippen molar-refractivity contribution in [1.82, 2.24) is 10.2 Å². The number of likely N-dealkylation sites (tertiary alicyclic amines) is 1. The molecular formula is C16H29N3O2. The first-order valence-electron chi connectivity index (χ1n) is 8.27. The molecule has 5 nitrogen and oxygen atoms in total. The lowest BCUT2D eigenvalue weighted by Crippen LogP contribution is -2.42. The Balaban J connectivity index is 1.83. The second-order valence-electron chi connectivity index (χ2n) is 6.55. The second kappa shape index (κ2) is 7.14. The number of carbonyl (C=O) groups is 1. The first-order valence-corrected chi connectivity index (χ1v) is 8.27. The van der Waals surface area contributed by atoms with E-state index in [1.54, 1.807) is 0 Å². The van der Waals surface area contributed by atoms with E-state index < -0.39 is 0 Å². The number of nitrogens with one attached hydrogen (secondary N) is 1. The average molecular weight is 295 g/mol. The van der Waals surface area contributed by atoms with E-state index in [1.165, 1.54) is 25.7 Å². The van der Waals surface area contributed by atoms with Crippen LogP contribution in [0.25, 0.3) is 0 Å². The van der Waals surface area contributed by atoms with Crippen LogP contribution in [-0.4, -0.2) is 49.1 Å². The van der Waals surface area contributed by atoms with E-state index in [1.807, 2.05) is 13.8 Å². The molecule has 0 aromatic rings. The summed E-state index contributed by atoms with van der Waals surface area (Å²) >= 11 is 0. The molecule has 0 unspecified atom stereocenters. The number of rotatable bonds is 5. The predicted molar refractivity (Wildman–Crippen MR) is 84.3 cm³/mol. The number of ether oxygens (including phenoxy) is 1. The normalized spacial score (nSPS) is 20.8. The zero-order valence-electron chi connectivity index (χ0n) is 13.7. The fourth-order valence-corrected chi connectivity index (χ4v) is 3.20. The van der Waals surface area contributed by atoms with Crippen LogP contribution in [0.15, 0.2) is 4.99 Å². The Morgan fingerprint density at radius 2 is 2.14 bits per heavy atom. The van der Waals surface area contributed by atoms with Crippen molar-refractivity contribution in [2.24, 2.45) is 10.4 Å². The molecule has 1 heterocycles. The van der Waals surface area contributed by atoms with E-state index in [0.717, 1.165) is 25.6 Å². The molecule has 0 amide bonds. The number of nitrogens with zero attached hydrogens (tertiary/aromatic N) is 2. The summed E-state index contributed by atoms with van der Waals surface area (Å²) in [6.45, 7) is 9.38. The Labute approximate surface area is 128 Å². The third-order valence-corrected chi connectivity index (χ3v) is 4.43. The first-order chi connectivity index (χ1) is 10.0. The lowest BCUT2D eigenvalue weighted by molar-refractivity contribution is -0.147. The molecule has 0 aromatic heterocycles. The quantitative estimate of drug-likeness (QED) is 0.480. The largest absolute Gasteiger partial charge is 0.463 e. The van der Waals surface area contributed by atoms with Crippen LogP contribution in [0.5, 0.6) is 0 Å². The fourth-order valence-electron chi connectivity index (χ4n) is 3.20. The summed E-state index contributed by atoms with van der Waals surface area (Å²) in [4.78, 5) is 18.5. The smallest absolute Gasteiger partial charge is 0.307 e. The molecule has 1 spiro atoms. The van der Waals surface area contributed by atoms with Crippen LogP contribution in [0.4, 0.5) is 0 Å². The minimum absolute atomic E-state index is 0.0493. The van der Waals surface area contributed by atoms with Gasteiger partial charge in [-0.1, -0.05) is 6.42 Å². The van der Waals surface area contributed by atoms with Crippen molar-refractivity contribution in [1.29, 1.82) is 0 Å². The lowest BCUT2D eigenvalue weighted by atomic mass is 9.68. The molecule has 2 rings (SSSR count). The van der Waals surface area contributed by atoms with Gasteiger partial charge in [0.25, 0.3) is 0 Å². The van der Waals surface area contributed by atoms with E-state index in [9.17, 15) is 4.79 Å². The van der Waals surface area contributed by atoms with Crippen molar-refractivity contribution in [3.05, 3.63) is 0 Å². The Hall–Kier alpha value is -1.26. The fraction of sp³-hybridized carbons (Fsp3) is 0.875. The minimum atomic E-state index is -0.165. The van der Waals surface area contributed by atoms with E-state index in [2.05, 4.69) is 22.1 Å². The highest BCUT2D eigenvalue weighted by atomic mass is 16.5. The molecule has 0 bridgehead atoms. The monoisotopic (exact) mass is 295 g/mol. The molecule has 5 heteroatoms. The Kier molecular flexibility index (Phi) is 5.48. The summed E-state index contributed by atoms with van der Waals surface area (Å²) in [6.07, 6.45) is 5.70. The van der Waals surface area contributed by atoms with Crippen molar-refractivity contribution in [2.45, 2.75) is 59.0 Å². The zero-order valence-corrected chi connectivity index (χ0v) is 13.7. The van der Waals surface area contributed by atoms with Gasteiger partial charge < -0.3 is 15.0 Å². The van der Waals surface area contributed by atoms with Crippen LogP contribution in [0.2, 0.25) is 0 Å². The van der Waals surface area contributed by atoms with Crippen LogP contribution in [0.1, 0.15) is 52.9 Å². The lowest BCUT2D eigenvalue weighted by Gasteiger charge is -2.38. The van der Waals surface area contributed by atoms with Crippen LogP contribution in [0, 0.1) is 5.41 Å². The van der Waals surface area contributed by atoms with Crippen molar-refractivity contribution in [3.8, 4) is 0 Å². The summed E-state index contributed by atoms with van der Waals surface area (Å²) in [5.41, 5.74) is 0.562. The molecule has 0 radical (unpaired) electrons. The van der Waals surface area contributed by atoms with Gasteiger partial charge in [-0.15, -0.1) is 0 Å². The van der Waals surface area contributed by atoms with Gasteiger partial charge >= 0.3 is 5.97 Å². The zero-order chi connectivity index (χ0) is 15.3.